The summed E-state index contributed by atoms with van der Waals surface area (Å²) in [6, 6.07) is 5.35. The van der Waals surface area contributed by atoms with Gasteiger partial charge in [0.1, 0.15) is 5.52 Å². The minimum Gasteiger partial charge on any atom is -0.443 e. The molecule has 100 valence electrons. The fourth-order valence-electron chi connectivity index (χ4n) is 2.62. The van der Waals surface area contributed by atoms with Gasteiger partial charge in [0.2, 0.25) is 0 Å². The van der Waals surface area contributed by atoms with Crippen molar-refractivity contribution in [2.45, 2.75) is 31.8 Å². The summed E-state index contributed by atoms with van der Waals surface area (Å²) in [6.07, 6.45) is 2.22. The van der Waals surface area contributed by atoms with Crippen LogP contribution >= 0.6 is 0 Å². The Balaban J connectivity index is 1.95. The number of rotatable bonds is 1. The molecule has 5 heteroatoms. The van der Waals surface area contributed by atoms with E-state index in [4.69, 9.17) is 10.2 Å². The standard InChI is InChI=1S/C14H17N3O2/c1-14(2)12(15)5-6-17(14)13(18)9-3-4-10-11(7-9)19-8-16-10/h3-4,7-8,12H,5-6,15H2,1-2H3. The zero-order valence-corrected chi connectivity index (χ0v) is 11.1. The van der Waals surface area contributed by atoms with Crippen molar-refractivity contribution in [3.63, 3.8) is 0 Å². The molecule has 1 aromatic carbocycles. The first kappa shape index (κ1) is 12.2. The minimum atomic E-state index is -0.312. The van der Waals surface area contributed by atoms with Crippen molar-refractivity contribution >= 4 is 17.0 Å². The van der Waals surface area contributed by atoms with Gasteiger partial charge in [-0.2, -0.15) is 0 Å². The molecule has 1 aliphatic heterocycles. The Hall–Kier alpha value is -1.88. The normalized spacial score (nSPS) is 22.1. The average molecular weight is 259 g/mol. The number of carbonyl (C=O) groups excluding carboxylic acids is 1. The molecule has 0 aliphatic carbocycles. The molecule has 1 amide bonds. The van der Waals surface area contributed by atoms with Crippen LogP contribution in [0.15, 0.2) is 29.0 Å². The summed E-state index contributed by atoms with van der Waals surface area (Å²) in [6.45, 7) is 4.71. The fourth-order valence-corrected chi connectivity index (χ4v) is 2.62. The largest absolute Gasteiger partial charge is 0.443 e. The lowest BCUT2D eigenvalue weighted by Gasteiger charge is -2.34. The molecule has 0 bridgehead atoms. The van der Waals surface area contributed by atoms with Crippen molar-refractivity contribution in [3.8, 4) is 0 Å². The third-order valence-electron chi connectivity index (χ3n) is 4.09. The second kappa shape index (κ2) is 4.06. The van der Waals surface area contributed by atoms with Crippen LogP contribution in [0.2, 0.25) is 0 Å². The summed E-state index contributed by atoms with van der Waals surface area (Å²) in [5, 5.41) is 0. The van der Waals surface area contributed by atoms with Gasteiger partial charge in [0.15, 0.2) is 12.0 Å². The van der Waals surface area contributed by atoms with E-state index in [0.29, 0.717) is 17.7 Å². The highest BCUT2D eigenvalue weighted by molar-refractivity contribution is 5.97. The van der Waals surface area contributed by atoms with Crippen LogP contribution in [0.4, 0.5) is 0 Å². The van der Waals surface area contributed by atoms with Gasteiger partial charge in [0.05, 0.1) is 5.54 Å². The highest BCUT2D eigenvalue weighted by Gasteiger charge is 2.41. The van der Waals surface area contributed by atoms with E-state index < -0.39 is 0 Å². The third-order valence-corrected chi connectivity index (χ3v) is 4.09. The Bertz CT molecular complexity index is 632. The van der Waals surface area contributed by atoms with E-state index in [1.807, 2.05) is 18.7 Å². The zero-order valence-electron chi connectivity index (χ0n) is 11.1. The number of aromatic nitrogens is 1. The van der Waals surface area contributed by atoms with Gasteiger partial charge >= 0.3 is 0 Å². The van der Waals surface area contributed by atoms with E-state index in [1.165, 1.54) is 6.39 Å². The van der Waals surface area contributed by atoms with Crippen molar-refractivity contribution in [2.24, 2.45) is 5.73 Å². The first-order valence-electron chi connectivity index (χ1n) is 6.41. The van der Waals surface area contributed by atoms with Gasteiger partial charge in [-0.15, -0.1) is 0 Å². The van der Waals surface area contributed by atoms with Gasteiger partial charge in [-0.1, -0.05) is 0 Å². The lowest BCUT2D eigenvalue weighted by atomic mass is 9.96. The summed E-state index contributed by atoms with van der Waals surface area (Å²) in [7, 11) is 0. The van der Waals surface area contributed by atoms with E-state index in [0.717, 1.165) is 11.9 Å². The number of oxazole rings is 1. The quantitative estimate of drug-likeness (QED) is 0.847. The summed E-state index contributed by atoms with van der Waals surface area (Å²) in [5.74, 6) is -0.00347. The number of hydrogen-bond donors (Lipinski definition) is 1. The lowest BCUT2D eigenvalue weighted by Crippen LogP contribution is -2.51. The van der Waals surface area contributed by atoms with Crippen LogP contribution in [0.3, 0.4) is 0 Å². The summed E-state index contributed by atoms with van der Waals surface area (Å²) in [4.78, 5) is 18.5. The molecule has 0 radical (unpaired) electrons. The molecule has 1 saturated heterocycles. The predicted molar refractivity (Wildman–Crippen MR) is 71.7 cm³/mol. The average Bonchev–Trinajstić information content (AvgIpc) is 2.94. The van der Waals surface area contributed by atoms with Crippen LogP contribution in [0.1, 0.15) is 30.6 Å². The second-order valence-electron chi connectivity index (χ2n) is 5.54. The minimum absolute atomic E-state index is 0.00347. The molecular formula is C14H17N3O2. The van der Waals surface area contributed by atoms with Gasteiger partial charge in [-0.3, -0.25) is 4.79 Å². The Labute approximate surface area is 111 Å². The number of nitrogens with two attached hydrogens (primary N) is 1. The highest BCUT2D eigenvalue weighted by Crippen LogP contribution is 2.29. The van der Waals surface area contributed by atoms with E-state index in [9.17, 15) is 4.79 Å². The summed E-state index contributed by atoms with van der Waals surface area (Å²) in [5.41, 5.74) is 7.77. The summed E-state index contributed by atoms with van der Waals surface area (Å²) < 4.78 is 5.24. The fraction of sp³-hybridized carbons (Fsp3) is 0.429. The maximum atomic E-state index is 12.6. The smallest absolute Gasteiger partial charge is 0.254 e. The molecule has 5 nitrogen and oxygen atoms in total. The van der Waals surface area contributed by atoms with Gasteiger partial charge in [0, 0.05) is 18.2 Å². The molecule has 0 spiro atoms. The Morgan fingerprint density at radius 1 is 1.53 bits per heavy atom. The molecule has 3 rings (SSSR count). The number of likely N-dealkylation sites (tertiary alicyclic amines) is 1. The van der Waals surface area contributed by atoms with Gasteiger partial charge in [-0.05, 0) is 38.5 Å². The Morgan fingerprint density at radius 3 is 3.00 bits per heavy atom. The highest BCUT2D eigenvalue weighted by atomic mass is 16.3. The van der Waals surface area contributed by atoms with Crippen molar-refractivity contribution in [2.75, 3.05) is 6.54 Å². The van der Waals surface area contributed by atoms with Crippen molar-refractivity contribution in [1.29, 1.82) is 0 Å². The first-order chi connectivity index (χ1) is 9.00. The molecule has 19 heavy (non-hydrogen) atoms. The number of amides is 1. The molecule has 2 aromatic rings. The molecule has 1 unspecified atom stereocenters. The van der Waals surface area contributed by atoms with Crippen LogP contribution in [0.25, 0.3) is 11.1 Å². The lowest BCUT2D eigenvalue weighted by molar-refractivity contribution is 0.0637. The van der Waals surface area contributed by atoms with Crippen molar-refractivity contribution < 1.29 is 9.21 Å². The zero-order chi connectivity index (χ0) is 13.6. The van der Waals surface area contributed by atoms with Crippen LogP contribution < -0.4 is 5.73 Å². The second-order valence-corrected chi connectivity index (χ2v) is 5.54. The van der Waals surface area contributed by atoms with Gasteiger partial charge in [-0.25, -0.2) is 4.98 Å². The third kappa shape index (κ3) is 1.81. The SMILES string of the molecule is CC1(C)C(N)CCN1C(=O)c1ccc2ncoc2c1. The number of benzene rings is 1. The monoisotopic (exact) mass is 259 g/mol. The van der Waals surface area contributed by atoms with Crippen LogP contribution in [-0.2, 0) is 0 Å². The molecule has 1 fully saturated rings. The summed E-state index contributed by atoms with van der Waals surface area (Å²) >= 11 is 0. The molecule has 2 N–H and O–H groups in total. The molecular weight excluding hydrogens is 242 g/mol. The number of nitrogens with zero attached hydrogens (tertiary/aromatic N) is 2. The van der Waals surface area contributed by atoms with Crippen LogP contribution in [0, 0.1) is 0 Å². The van der Waals surface area contributed by atoms with E-state index >= 15 is 0 Å². The number of hydrogen-bond acceptors (Lipinski definition) is 4. The maximum absolute atomic E-state index is 12.6. The van der Waals surface area contributed by atoms with Gasteiger partial charge in [0.25, 0.3) is 5.91 Å². The van der Waals surface area contributed by atoms with Crippen LogP contribution in [-0.4, -0.2) is 33.9 Å². The number of carbonyl (C=O) groups is 1. The topological polar surface area (TPSA) is 72.4 Å². The van der Waals surface area contributed by atoms with E-state index in [2.05, 4.69) is 4.98 Å². The van der Waals surface area contributed by atoms with Gasteiger partial charge < -0.3 is 15.1 Å². The van der Waals surface area contributed by atoms with Crippen molar-refractivity contribution in [1.82, 2.24) is 9.88 Å². The van der Waals surface area contributed by atoms with Crippen LogP contribution in [0.5, 0.6) is 0 Å². The molecule has 1 aromatic heterocycles. The molecule has 0 saturated carbocycles. The maximum Gasteiger partial charge on any atom is 0.254 e. The Kier molecular flexibility index (Phi) is 2.60. The molecule has 2 heterocycles. The van der Waals surface area contributed by atoms with Crippen molar-refractivity contribution in [3.05, 3.63) is 30.2 Å². The van der Waals surface area contributed by atoms with E-state index in [1.54, 1.807) is 18.2 Å². The first-order valence-corrected chi connectivity index (χ1v) is 6.41. The predicted octanol–water partition coefficient (Wildman–Crippen LogP) is 1.78. The molecule has 1 aliphatic rings. The number of fused-ring (bicyclic) bond motifs is 1. The van der Waals surface area contributed by atoms with E-state index in [-0.39, 0.29) is 17.5 Å². The Morgan fingerprint density at radius 2 is 2.32 bits per heavy atom. The molecule has 1 atom stereocenters.